The summed E-state index contributed by atoms with van der Waals surface area (Å²) in [5.74, 6) is -1.57. The Morgan fingerprint density at radius 2 is 1.03 bits per heavy atom. The number of carbonyl (C=O) groups is 3. The summed E-state index contributed by atoms with van der Waals surface area (Å²) in [5, 5.41) is 13.0. The first kappa shape index (κ1) is 51.6. The molecule has 2 aliphatic rings. The van der Waals surface area contributed by atoms with Gasteiger partial charge in [0.25, 0.3) is 0 Å². The van der Waals surface area contributed by atoms with E-state index in [0.29, 0.717) is 5.75 Å². The van der Waals surface area contributed by atoms with Gasteiger partial charge in [-0.2, -0.15) is 10.2 Å². The van der Waals surface area contributed by atoms with Crippen molar-refractivity contribution >= 4 is 105 Å². The van der Waals surface area contributed by atoms with Crippen molar-refractivity contribution in [1.29, 1.82) is 0 Å². The van der Waals surface area contributed by atoms with Crippen LogP contribution >= 0.6 is 0 Å². The van der Waals surface area contributed by atoms with Gasteiger partial charge in [-0.3, -0.25) is 20.4 Å². The predicted molar refractivity (Wildman–Crippen MR) is 217 cm³/mol. The second-order valence-corrected chi connectivity index (χ2v) is 16.8. The van der Waals surface area contributed by atoms with E-state index < -0.39 is 74.1 Å². The van der Waals surface area contributed by atoms with Crippen molar-refractivity contribution in [3.63, 3.8) is 0 Å². The molecule has 0 aliphatic heterocycles. The van der Waals surface area contributed by atoms with Crippen molar-refractivity contribution in [3.05, 3.63) is 129 Å². The van der Waals surface area contributed by atoms with Gasteiger partial charge in [-0.25, -0.2) is 30.0 Å². The number of allylic oxidation sites excluding steroid dienone is 2. The maximum Gasteiger partial charge on any atom is 1.00 e. The van der Waals surface area contributed by atoms with E-state index in [1.165, 1.54) is 73.8 Å². The maximum absolute atomic E-state index is 13.6. The van der Waals surface area contributed by atoms with Gasteiger partial charge in [0.15, 0.2) is 0 Å². The SMILES string of the molecule is COc1ccccc1N/N=C1\C(=O)c2ccc(NC(=O)Nc3ccc4c(c3)C=C(S(=O)(=O)[O-])C(=NNc3ccc(S(=O)(=O)[O-])c5ccccc35)C4=O)cc2C=C1S(=O)(=O)[O-].[Na+].[Na+].[Na+]. The summed E-state index contributed by atoms with van der Waals surface area (Å²) in [6, 6.07) is 21.1. The van der Waals surface area contributed by atoms with Gasteiger partial charge in [0, 0.05) is 33.3 Å². The average molecular weight is 939 g/mol. The van der Waals surface area contributed by atoms with Crippen LogP contribution in [0.1, 0.15) is 31.8 Å². The van der Waals surface area contributed by atoms with Crippen LogP contribution in [-0.2, 0) is 30.4 Å². The third kappa shape index (κ3) is 11.2. The number of nitrogens with zero attached hydrogens (tertiary/aromatic N) is 2. The number of carbonyl (C=O) groups excluding carboxylic acids is 3. The summed E-state index contributed by atoms with van der Waals surface area (Å²) < 4.78 is 114. The molecule has 7 rings (SSSR count). The molecule has 0 saturated carbocycles. The molecule has 2 amide bonds. The normalized spacial score (nSPS) is 14.7. The van der Waals surface area contributed by atoms with Crippen molar-refractivity contribution in [2.45, 2.75) is 4.90 Å². The van der Waals surface area contributed by atoms with Gasteiger partial charge in [-0.1, -0.05) is 36.4 Å². The first-order valence-corrected chi connectivity index (χ1v) is 21.2. The molecule has 0 unspecified atom stereocenters. The molecule has 0 fully saturated rings. The molecule has 0 heterocycles. The number of ketones is 2. The molecular formula is C38H25N6Na3O13S3. The van der Waals surface area contributed by atoms with E-state index in [9.17, 15) is 53.3 Å². The Bertz CT molecular complexity index is 3200. The Labute approximate surface area is 425 Å². The number of hydrogen-bond donors (Lipinski definition) is 4. The average Bonchev–Trinajstić information content (AvgIpc) is 3.18. The number of nitrogens with one attached hydrogen (secondary N) is 4. The Morgan fingerprint density at radius 3 is 1.51 bits per heavy atom. The number of methoxy groups -OCH3 is 1. The summed E-state index contributed by atoms with van der Waals surface area (Å²) in [7, 11) is -14.1. The number of rotatable bonds is 10. The third-order valence-electron chi connectivity index (χ3n) is 8.95. The van der Waals surface area contributed by atoms with Gasteiger partial charge in [0.05, 0.1) is 33.2 Å². The molecule has 0 aromatic heterocycles. The fourth-order valence-electron chi connectivity index (χ4n) is 6.27. The number of ether oxygens (including phenoxy) is 1. The van der Waals surface area contributed by atoms with Crippen LogP contribution in [0.2, 0.25) is 0 Å². The second-order valence-electron chi connectivity index (χ2n) is 12.7. The zero-order valence-electron chi connectivity index (χ0n) is 33.3. The molecule has 4 N–H and O–H groups in total. The Hall–Kier alpha value is -4.08. The molecule has 2 aliphatic carbocycles. The summed E-state index contributed by atoms with van der Waals surface area (Å²) in [4.78, 5) is 37.5. The summed E-state index contributed by atoms with van der Waals surface area (Å²) >= 11 is 0. The largest absolute Gasteiger partial charge is 1.00 e. The Kier molecular flexibility index (Phi) is 16.7. The predicted octanol–water partition coefficient (Wildman–Crippen LogP) is -4.49. The van der Waals surface area contributed by atoms with E-state index in [0.717, 1.165) is 18.2 Å². The minimum Gasteiger partial charge on any atom is -0.744 e. The van der Waals surface area contributed by atoms with Gasteiger partial charge >= 0.3 is 94.7 Å². The monoisotopic (exact) mass is 938 g/mol. The van der Waals surface area contributed by atoms with Crippen molar-refractivity contribution in [2.75, 3.05) is 28.6 Å². The van der Waals surface area contributed by atoms with E-state index >= 15 is 0 Å². The van der Waals surface area contributed by atoms with Gasteiger partial charge < -0.3 is 29.0 Å². The molecule has 306 valence electrons. The van der Waals surface area contributed by atoms with Crippen molar-refractivity contribution < 1.29 is 147 Å². The van der Waals surface area contributed by atoms with Gasteiger partial charge in [-0.05, 0) is 83.9 Å². The molecule has 19 nitrogen and oxygen atoms in total. The van der Waals surface area contributed by atoms with E-state index in [4.69, 9.17) is 4.74 Å². The van der Waals surface area contributed by atoms with E-state index in [1.54, 1.807) is 24.3 Å². The summed E-state index contributed by atoms with van der Waals surface area (Å²) in [6.07, 6.45) is 1.82. The van der Waals surface area contributed by atoms with Crippen LogP contribution in [0.4, 0.5) is 27.5 Å². The van der Waals surface area contributed by atoms with Gasteiger partial charge in [-0.15, -0.1) is 0 Å². The van der Waals surface area contributed by atoms with Gasteiger partial charge in [0.1, 0.15) is 47.5 Å². The molecule has 0 bridgehead atoms. The van der Waals surface area contributed by atoms with Crippen LogP contribution in [0.25, 0.3) is 22.9 Å². The van der Waals surface area contributed by atoms with E-state index in [1.807, 2.05) is 0 Å². The molecule has 0 radical (unpaired) electrons. The maximum atomic E-state index is 13.6. The molecular weight excluding hydrogens is 914 g/mol. The first-order chi connectivity index (χ1) is 28.3. The number of hydrogen-bond acceptors (Lipinski definition) is 17. The second kappa shape index (κ2) is 20.4. The third-order valence-corrected chi connectivity index (χ3v) is 11.5. The standard InChI is InChI=1S/C38H28N6O13S3.3Na/c1-57-30-9-5-4-8-29(30)42-44-35-33(60(54,55)56)19-21-17-23(11-13-25(21)37(35)46)40-38(47)39-22-10-12-24-20(16-22)18-32(59(51,52)53)34(36(24)45)43-41-28-14-15-31(58(48,49)50)27-7-3-2-6-26(27)28;;;/h2-19,41-42H,1H3,(H2,39,40,47)(H,48,49,50)(H,51,52,53)(H,54,55,56);;;/q;3*+1/p-3/b43-34?,44-35-;;;. The zero-order valence-corrected chi connectivity index (χ0v) is 41.8. The van der Waals surface area contributed by atoms with Crippen molar-refractivity contribution in [3.8, 4) is 5.75 Å². The van der Waals surface area contributed by atoms with Gasteiger partial charge in [0.2, 0.25) is 11.6 Å². The molecule has 25 heteroatoms. The molecule has 5 aromatic rings. The fourth-order valence-corrected chi connectivity index (χ4v) is 8.25. The summed E-state index contributed by atoms with van der Waals surface area (Å²) in [6.45, 7) is 0. The number of urea groups is 1. The number of benzene rings is 5. The van der Waals surface area contributed by atoms with Crippen LogP contribution in [0.15, 0.2) is 122 Å². The number of amides is 2. The summed E-state index contributed by atoms with van der Waals surface area (Å²) in [5.41, 5.74) is 3.73. The van der Waals surface area contributed by atoms with Crippen molar-refractivity contribution in [2.24, 2.45) is 10.2 Å². The first-order valence-electron chi connectivity index (χ1n) is 16.9. The van der Waals surface area contributed by atoms with Crippen LogP contribution < -0.4 is 115 Å². The molecule has 5 aromatic carbocycles. The van der Waals surface area contributed by atoms with E-state index in [2.05, 4.69) is 31.7 Å². The quantitative estimate of drug-likeness (QED) is 0.0583. The molecule has 0 saturated heterocycles. The number of Topliss-reactive ketones (excluding diaryl/α,β-unsaturated/α-hetero) is 2. The molecule has 0 atom stereocenters. The van der Waals surface area contributed by atoms with Crippen LogP contribution in [-0.4, -0.2) is 75.0 Å². The minimum absolute atomic E-state index is 0. The smallest absolute Gasteiger partial charge is 0.744 e. The zero-order chi connectivity index (χ0) is 43.1. The van der Waals surface area contributed by atoms with Crippen LogP contribution in [0.3, 0.4) is 0 Å². The number of fused-ring (bicyclic) bond motifs is 3. The number of anilines is 4. The number of hydrazone groups is 2. The van der Waals surface area contributed by atoms with Crippen LogP contribution in [0.5, 0.6) is 5.75 Å². The fraction of sp³-hybridized carbons (Fsp3) is 0.0263. The Balaban J connectivity index is 0.00000290. The van der Waals surface area contributed by atoms with Crippen molar-refractivity contribution in [1.82, 2.24) is 0 Å². The topological polar surface area (TPSA) is 305 Å². The molecule has 0 spiro atoms. The Morgan fingerprint density at radius 1 is 0.571 bits per heavy atom. The number of para-hydroxylation sites is 2. The van der Waals surface area contributed by atoms with E-state index in [-0.39, 0.29) is 144 Å². The van der Waals surface area contributed by atoms with Crippen LogP contribution in [0, 0.1) is 0 Å². The minimum atomic E-state index is -5.35. The molecule has 63 heavy (non-hydrogen) atoms.